The van der Waals surface area contributed by atoms with Gasteiger partial charge in [0.2, 0.25) is 0 Å². The molecule has 0 spiro atoms. The van der Waals surface area contributed by atoms with E-state index in [1.54, 1.807) is 0 Å². The fourth-order valence-corrected chi connectivity index (χ4v) is 3.92. The van der Waals surface area contributed by atoms with E-state index in [0.29, 0.717) is 12.0 Å². The molecule has 0 amide bonds. The third kappa shape index (κ3) is 3.23. The molecular weight excluding hydrogens is 208 g/mol. The molecule has 2 bridgehead atoms. The van der Waals surface area contributed by atoms with Crippen molar-refractivity contribution >= 4 is 0 Å². The smallest absolute Gasteiger partial charge is 0.0193 e. The number of nitrogens with zero attached hydrogens (tertiary/aromatic N) is 1. The summed E-state index contributed by atoms with van der Waals surface area (Å²) >= 11 is 0. The molecular formula is C15H30N2. The highest BCUT2D eigenvalue weighted by atomic mass is 15.1. The van der Waals surface area contributed by atoms with Crippen molar-refractivity contribution in [1.82, 2.24) is 4.90 Å². The third-order valence-electron chi connectivity index (χ3n) is 5.33. The van der Waals surface area contributed by atoms with E-state index in [9.17, 15) is 0 Å². The first-order valence-corrected chi connectivity index (χ1v) is 7.54. The summed E-state index contributed by atoms with van der Waals surface area (Å²) in [6.07, 6.45) is 7.23. The Labute approximate surface area is 107 Å². The lowest BCUT2D eigenvalue weighted by Crippen LogP contribution is -2.41. The number of likely N-dealkylation sites (N-methyl/N-ethyl adjacent to an activating group) is 1. The monoisotopic (exact) mass is 238 g/mol. The maximum absolute atomic E-state index is 6.24. The fourth-order valence-electron chi connectivity index (χ4n) is 3.92. The Balaban J connectivity index is 1.72. The van der Waals surface area contributed by atoms with Gasteiger partial charge in [-0.25, -0.2) is 0 Å². The largest absolute Gasteiger partial charge is 0.326 e. The molecule has 0 aromatic carbocycles. The molecule has 2 rings (SSSR count). The standard InChI is InChI=1S/C15H30N2/c1-4-11(2)15(16)10-17(3)9-14-8-12-5-6-13(14)7-12/h11-15H,4-10,16H2,1-3H3. The average Bonchev–Trinajstić information content (AvgIpc) is 2.89. The van der Waals surface area contributed by atoms with Crippen LogP contribution in [0.1, 0.15) is 46.0 Å². The first-order valence-electron chi connectivity index (χ1n) is 7.54. The van der Waals surface area contributed by atoms with Gasteiger partial charge in [-0.05, 0) is 50.0 Å². The molecule has 2 fully saturated rings. The highest BCUT2D eigenvalue weighted by Gasteiger charge is 2.39. The van der Waals surface area contributed by atoms with Gasteiger partial charge in [0.05, 0.1) is 0 Å². The van der Waals surface area contributed by atoms with Crippen molar-refractivity contribution in [3.8, 4) is 0 Å². The van der Waals surface area contributed by atoms with Gasteiger partial charge in [0, 0.05) is 19.1 Å². The molecule has 0 aliphatic heterocycles. The molecule has 2 N–H and O–H groups in total. The second-order valence-electron chi connectivity index (χ2n) is 6.71. The SMILES string of the molecule is CCC(C)C(N)CN(C)CC1CC2CCC1C2. The van der Waals surface area contributed by atoms with Crippen LogP contribution in [0.15, 0.2) is 0 Å². The molecule has 0 aromatic heterocycles. The predicted octanol–water partition coefficient (Wildman–Crippen LogP) is 2.73. The maximum atomic E-state index is 6.24. The second kappa shape index (κ2) is 5.71. The molecule has 2 heteroatoms. The second-order valence-corrected chi connectivity index (χ2v) is 6.71. The number of hydrogen-bond donors (Lipinski definition) is 1. The normalized spacial score (nSPS) is 35.5. The Bertz CT molecular complexity index is 241. The number of rotatable bonds is 6. The van der Waals surface area contributed by atoms with E-state index >= 15 is 0 Å². The van der Waals surface area contributed by atoms with E-state index < -0.39 is 0 Å². The van der Waals surface area contributed by atoms with Crippen LogP contribution in [0, 0.1) is 23.7 Å². The third-order valence-corrected chi connectivity index (χ3v) is 5.33. The Morgan fingerprint density at radius 2 is 2.06 bits per heavy atom. The maximum Gasteiger partial charge on any atom is 0.0193 e. The minimum Gasteiger partial charge on any atom is -0.326 e. The topological polar surface area (TPSA) is 29.3 Å². The number of hydrogen-bond acceptors (Lipinski definition) is 2. The van der Waals surface area contributed by atoms with Crippen molar-refractivity contribution in [2.45, 2.75) is 52.0 Å². The van der Waals surface area contributed by atoms with Crippen LogP contribution in [0.2, 0.25) is 0 Å². The molecule has 0 aromatic rings. The molecule has 5 unspecified atom stereocenters. The first kappa shape index (κ1) is 13.4. The molecule has 2 nitrogen and oxygen atoms in total. The summed E-state index contributed by atoms with van der Waals surface area (Å²) in [5, 5.41) is 0. The van der Waals surface area contributed by atoms with Gasteiger partial charge in [0.25, 0.3) is 0 Å². The summed E-state index contributed by atoms with van der Waals surface area (Å²) in [4.78, 5) is 2.49. The lowest BCUT2D eigenvalue weighted by atomic mass is 9.88. The van der Waals surface area contributed by atoms with Gasteiger partial charge >= 0.3 is 0 Å². The zero-order valence-corrected chi connectivity index (χ0v) is 11.9. The van der Waals surface area contributed by atoms with E-state index in [4.69, 9.17) is 5.73 Å². The Kier molecular flexibility index (Phi) is 4.48. The summed E-state index contributed by atoms with van der Waals surface area (Å²) in [6, 6.07) is 0.351. The minimum absolute atomic E-state index is 0.351. The van der Waals surface area contributed by atoms with Crippen LogP contribution in [-0.4, -0.2) is 31.1 Å². The van der Waals surface area contributed by atoms with Crippen molar-refractivity contribution in [2.24, 2.45) is 29.4 Å². The van der Waals surface area contributed by atoms with Crippen LogP contribution in [0.4, 0.5) is 0 Å². The zero-order chi connectivity index (χ0) is 12.4. The van der Waals surface area contributed by atoms with Crippen LogP contribution >= 0.6 is 0 Å². The van der Waals surface area contributed by atoms with Gasteiger partial charge in [-0.1, -0.05) is 26.7 Å². The summed E-state index contributed by atoms with van der Waals surface area (Å²) in [5.74, 6) is 3.74. The predicted molar refractivity (Wildman–Crippen MR) is 73.9 cm³/mol. The van der Waals surface area contributed by atoms with Crippen LogP contribution in [0.25, 0.3) is 0 Å². The van der Waals surface area contributed by atoms with E-state index in [1.807, 2.05) is 0 Å². The van der Waals surface area contributed by atoms with Crippen LogP contribution in [-0.2, 0) is 0 Å². The lowest BCUT2D eigenvalue weighted by molar-refractivity contribution is 0.199. The Morgan fingerprint density at radius 1 is 1.29 bits per heavy atom. The van der Waals surface area contributed by atoms with Gasteiger partial charge in [-0.15, -0.1) is 0 Å². The molecule has 2 aliphatic rings. The van der Waals surface area contributed by atoms with Crippen LogP contribution in [0.5, 0.6) is 0 Å². The van der Waals surface area contributed by atoms with Crippen molar-refractivity contribution < 1.29 is 0 Å². The van der Waals surface area contributed by atoms with Crippen molar-refractivity contribution in [2.75, 3.05) is 20.1 Å². The zero-order valence-electron chi connectivity index (χ0n) is 11.9. The van der Waals surface area contributed by atoms with Crippen molar-refractivity contribution in [3.05, 3.63) is 0 Å². The van der Waals surface area contributed by atoms with E-state index in [-0.39, 0.29) is 0 Å². The lowest BCUT2D eigenvalue weighted by Gasteiger charge is -2.30. The molecule has 5 atom stereocenters. The molecule has 0 heterocycles. The fraction of sp³-hybridized carbons (Fsp3) is 1.00. The number of nitrogens with two attached hydrogens (primary N) is 1. The molecule has 0 radical (unpaired) electrons. The summed E-state index contributed by atoms with van der Waals surface area (Å²) in [6.45, 7) is 6.87. The van der Waals surface area contributed by atoms with Crippen molar-refractivity contribution in [1.29, 1.82) is 0 Å². The molecule has 17 heavy (non-hydrogen) atoms. The van der Waals surface area contributed by atoms with E-state index in [0.717, 1.165) is 24.3 Å². The molecule has 100 valence electrons. The van der Waals surface area contributed by atoms with Gasteiger partial charge in [-0.2, -0.15) is 0 Å². The van der Waals surface area contributed by atoms with Gasteiger partial charge in [-0.3, -0.25) is 0 Å². The Hall–Kier alpha value is -0.0800. The molecule has 0 saturated heterocycles. The Morgan fingerprint density at radius 3 is 2.59 bits per heavy atom. The van der Waals surface area contributed by atoms with E-state index in [2.05, 4.69) is 25.8 Å². The summed E-state index contributed by atoms with van der Waals surface area (Å²) < 4.78 is 0. The highest BCUT2D eigenvalue weighted by Crippen LogP contribution is 2.48. The summed E-state index contributed by atoms with van der Waals surface area (Å²) in [5.41, 5.74) is 6.24. The van der Waals surface area contributed by atoms with Crippen LogP contribution < -0.4 is 5.73 Å². The quantitative estimate of drug-likeness (QED) is 0.771. The van der Waals surface area contributed by atoms with Gasteiger partial charge in [0.1, 0.15) is 0 Å². The number of fused-ring (bicyclic) bond motifs is 2. The van der Waals surface area contributed by atoms with Crippen LogP contribution in [0.3, 0.4) is 0 Å². The minimum atomic E-state index is 0.351. The van der Waals surface area contributed by atoms with Gasteiger partial charge in [0.15, 0.2) is 0 Å². The van der Waals surface area contributed by atoms with Crippen molar-refractivity contribution in [3.63, 3.8) is 0 Å². The molecule has 2 saturated carbocycles. The first-order chi connectivity index (χ1) is 8.10. The summed E-state index contributed by atoms with van der Waals surface area (Å²) in [7, 11) is 2.26. The average molecular weight is 238 g/mol. The van der Waals surface area contributed by atoms with Gasteiger partial charge < -0.3 is 10.6 Å². The molecule has 2 aliphatic carbocycles. The highest BCUT2D eigenvalue weighted by molar-refractivity contribution is 4.91. The van der Waals surface area contributed by atoms with E-state index in [1.165, 1.54) is 38.6 Å².